The Morgan fingerprint density at radius 2 is 2.46 bits per heavy atom. The van der Waals surface area contributed by atoms with Gasteiger partial charge in [-0.05, 0) is 0 Å². The number of hydrogen-bond acceptors (Lipinski definition) is 4. The third-order valence-electron chi connectivity index (χ3n) is 1.20. The Hall–Kier alpha value is -1.13. The van der Waals surface area contributed by atoms with Crippen LogP contribution in [0, 0.1) is 5.41 Å². The van der Waals surface area contributed by atoms with Crippen molar-refractivity contribution < 1.29 is 14.3 Å². The van der Waals surface area contributed by atoms with E-state index >= 15 is 0 Å². The molecule has 0 bridgehead atoms. The van der Waals surface area contributed by atoms with E-state index in [-0.39, 0.29) is 32.2 Å². The molecule has 0 unspecified atom stereocenters. The maximum atomic E-state index is 11.0. The van der Waals surface area contributed by atoms with Crippen LogP contribution in [0.5, 0.6) is 0 Å². The fourth-order valence-electron chi connectivity index (χ4n) is 0.733. The van der Waals surface area contributed by atoms with Crippen LogP contribution in [-0.2, 0) is 14.3 Å². The predicted molar refractivity (Wildman–Crippen MR) is 46.3 cm³/mol. The molecule has 1 fully saturated rings. The summed E-state index contributed by atoms with van der Waals surface area (Å²) in [5.74, 6) is -0.887. The molecule has 0 saturated carbocycles. The van der Waals surface area contributed by atoms with E-state index in [9.17, 15) is 9.59 Å². The van der Waals surface area contributed by atoms with Gasteiger partial charge in [-0.3, -0.25) is 0 Å². The Morgan fingerprint density at radius 3 is 2.92 bits per heavy atom. The minimum absolute atomic E-state index is 0.174. The Kier molecular flexibility index (Phi) is 3.22. The first-order chi connectivity index (χ1) is 6.13. The van der Waals surface area contributed by atoms with Crippen molar-refractivity contribution in [3.63, 3.8) is 0 Å². The van der Waals surface area contributed by atoms with E-state index in [1.54, 1.807) is 6.92 Å². The van der Waals surface area contributed by atoms with Crippen molar-refractivity contribution in [1.82, 2.24) is 5.32 Å². The van der Waals surface area contributed by atoms with Gasteiger partial charge in [0.25, 0.3) is 0 Å². The molecule has 6 heteroatoms. The van der Waals surface area contributed by atoms with Crippen molar-refractivity contribution >= 4 is 31.6 Å². The number of hydrogen-bond donors (Lipinski definition) is 2. The zero-order valence-electron chi connectivity index (χ0n) is 6.92. The fraction of sp³-hybridized carbons (Fsp3) is 0.286. The summed E-state index contributed by atoms with van der Waals surface area (Å²) in [6.45, 7) is 1.98. The second-order valence-electron chi connectivity index (χ2n) is 2.15. The average Bonchev–Trinajstić information content (AvgIpc) is 2.30. The van der Waals surface area contributed by atoms with Crippen LogP contribution in [0.25, 0.3) is 0 Å². The first-order valence-corrected chi connectivity index (χ1v) is 5.31. The summed E-state index contributed by atoms with van der Waals surface area (Å²) in [4.78, 5) is 21.9. The van der Waals surface area contributed by atoms with Gasteiger partial charge in [0.2, 0.25) is 0 Å². The summed E-state index contributed by atoms with van der Waals surface area (Å²) >= 11 is -0.371. The van der Waals surface area contributed by atoms with E-state index in [4.69, 9.17) is 5.41 Å². The van der Waals surface area contributed by atoms with Crippen LogP contribution in [0.1, 0.15) is 6.92 Å². The third kappa shape index (κ3) is 2.68. The topological polar surface area (TPSA) is 79.2 Å². The molecule has 0 aromatic heterocycles. The van der Waals surface area contributed by atoms with E-state index in [1.807, 2.05) is 0 Å². The number of rotatable bonds is 2. The van der Waals surface area contributed by atoms with Crippen molar-refractivity contribution in [1.29, 1.82) is 5.41 Å². The number of nitrogens with one attached hydrogen (secondary N) is 2. The van der Waals surface area contributed by atoms with Crippen LogP contribution in [-0.4, -0.2) is 38.2 Å². The first kappa shape index (κ1) is 9.95. The van der Waals surface area contributed by atoms with Crippen molar-refractivity contribution in [2.75, 3.05) is 6.61 Å². The van der Waals surface area contributed by atoms with Crippen LogP contribution in [0.3, 0.4) is 0 Å². The SMILES string of the molecule is CCOC(=O)/C=C1\[Se]C(=N)NC1=O. The molecule has 0 atom stereocenters. The molecule has 0 radical (unpaired) electrons. The molecule has 0 aliphatic carbocycles. The van der Waals surface area contributed by atoms with Gasteiger partial charge in [-0.2, -0.15) is 0 Å². The first-order valence-electron chi connectivity index (χ1n) is 3.59. The number of carbonyl (C=O) groups is 2. The van der Waals surface area contributed by atoms with E-state index in [0.29, 0.717) is 4.47 Å². The predicted octanol–water partition coefficient (Wildman–Crippen LogP) is -0.798. The monoisotopic (exact) mass is 248 g/mol. The zero-order valence-corrected chi connectivity index (χ0v) is 8.63. The van der Waals surface area contributed by atoms with E-state index in [0.717, 1.165) is 6.08 Å². The molecule has 1 aliphatic heterocycles. The van der Waals surface area contributed by atoms with Crippen LogP contribution in [0.4, 0.5) is 0 Å². The molecule has 1 rings (SSSR count). The van der Waals surface area contributed by atoms with Gasteiger partial charge in [0.15, 0.2) is 0 Å². The molecule has 70 valence electrons. The second-order valence-corrected chi connectivity index (χ2v) is 4.35. The van der Waals surface area contributed by atoms with Gasteiger partial charge in [-0.1, -0.05) is 0 Å². The van der Waals surface area contributed by atoms with Gasteiger partial charge in [0.1, 0.15) is 0 Å². The molecular weight excluding hydrogens is 239 g/mol. The summed E-state index contributed by atoms with van der Waals surface area (Å²) in [5, 5.41) is 9.47. The summed E-state index contributed by atoms with van der Waals surface area (Å²) in [5.41, 5.74) is 0. The number of amidine groups is 1. The molecule has 1 heterocycles. The van der Waals surface area contributed by atoms with Gasteiger partial charge in [-0.25, -0.2) is 0 Å². The molecule has 1 amide bonds. The standard InChI is InChI=1S/C7H8N2O3Se/c1-2-12-5(10)3-4-6(11)9-7(8)13-4/h3H,2H2,1H3,(H2,8,9,11)/b4-3-. The molecule has 0 aromatic rings. The van der Waals surface area contributed by atoms with Gasteiger partial charge < -0.3 is 0 Å². The van der Waals surface area contributed by atoms with Crippen LogP contribution in [0.2, 0.25) is 0 Å². The summed E-state index contributed by atoms with van der Waals surface area (Å²) in [6, 6.07) is 0. The molecule has 13 heavy (non-hydrogen) atoms. The van der Waals surface area contributed by atoms with E-state index < -0.39 is 5.97 Å². The summed E-state index contributed by atoms with van der Waals surface area (Å²) < 4.78 is 5.15. The van der Waals surface area contributed by atoms with E-state index in [1.165, 1.54) is 0 Å². The summed E-state index contributed by atoms with van der Waals surface area (Å²) in [6.07, 6.45) is 1.15. The van der Waals surface area contributed by atoms with Crippen LogP contribution in [0.15, 0.2) is 10.5 Å². The number of amides is 1. The van der Waals surface area contributed by atoms with Crippen LogP contribution < -0.4 is 5.32 Å². The normalized spacial score (nSPS) is 19.0. The molecule has 1 saturated heterocycles. The summed E-state index contributed by atoms with van der Waals surface area (Å²) in [7, 11) is 0. The van der Waals surface area contributed by atoms with Crippen molar-refractivity contribution in [2.45, 2.75) is 6.92 Å². The molecule has 1 aliphatic rings. The molecular formula is C7H8N2O3Se. The average molecular weight is 247 g/mol. The van der Waals surface area contributed by atoms with Gasteiger partial charge in [0.05, 0.1) is 0 Å². The third-order valence-corrected chi connectivity index (χ3v) is 2.94. The van der Waals surface area contributed by atoms with Gasteiger partial charge >= 0.3 is 80.7 Å². The van der Waals surface area contributed by atoms with E-state index in [2.05, 4.69) is 10.1 Å². The Labute approximate surface area is 81.2 Å². The van der Waals surface area contributed by atoms with Gasteiger partial charge in [0, 0.05) is 0 Å². The number of ether oxygens (including phenoxy) is 1. The second kappa shape index (κ2) is 4.20. The molecule has 2 N–H and O–H groups in total. The number of esters is 1. The Morgan fingerprint density at radius 1 is 1.77 bits per heavy atom. The Bertz CT molecular complexity index is 298. The molecule has 0 spiro atoms. The maximum absolute atomic E-state index is 11.0. The van der Waals surface area contributed by atoms with Crippen molar-refractivity contribution in [3.05, 3.63) is 10.5 Å². The molecule has 5 nitrogen and oxygen atoms in total. The van der Waals surface area contributed by atoms with Crippen LogP contribution >= 0.6 is 0 Å². The molecule has 0 aromatic carbocycles. The van der Waals surface area contributed by atoms with Crippen molar-refractivity contribution in [3.8, 4) is 0 Å². The quantitative estimate of drug-likeness (QED) is 0.381. The zero-order chi connectivity index (χ0) is 9.84. The van der Waals surface area contributed by atoms with Gasteiger partial charge in [-0.15, -0.1) is 0 Å². The fourth-order valence-corrected chi connectivity index (χ4v) is 2.12. The van der Waals surface area contributed by atoms with Crippen molar-refractivity contribution in [2.24, 2.45) is 0 Å². The number of carbonyl (C=O) groups excluding carboxylic acids is 2. The Balaban J connectivity index is 2.66. The minimum atomic E-state index is -0.524.